The second-order valence-corrected chi connectivity index (χ2v) is 4.68. The number of nitrogens with one attached hydrogen (secondary N) is 1. The normalized spacial score (nSPS) is 10.2. The number of benzene rings is 2. The van der Waals surface area contributed by atoms with E-state index in [-0.39, 0.29) is 0 Å². The van der Waals surface area contributed by atoms with Gasteiger partial charge in [0.25, 0.3) is 0 Å². The van der Waals surface area contributed by atoms with E-state index < -0.39 is 0 Å². The van der Waals surface area contributed by atoms with Crippen LogP contribution in [0.5, 0.6) is 0 Å². The van der Waals surface area contributed by atoms with Crippen molar-refractivity contribution in [2.75, 3.05) is 5.32 Å². The summed E-state index contributed by atoms with van der Waals surface area (Å²) in [5, 5.41) is 3.54. The van der Waals surface area contributed by atoms with Crippen LogP contribution in [0.4, 0.5) is 11.5 Å². The third kappa shape index (κ3) is 2.95. The molecular weight excluding hydrogens is 270 g/mol. The first-order valence-corrected chi connectivity index (χ1v) is 6.59. The van der Waals surface area contributed by atoms with Crippen molar-refractivity contribution in [2.24, 2.45) is 0 Å². The Labute approximate surface area is 122 Å². The number of rotatable bonds is 3. The van der Waals surface area contributed by atoms with Crippen LogP contribution >= 0.6 is 11.6 Å². The molecule has 0 radical (unpaired) electrons. The Morgan fingerprint density at radius 3 is 2.20 bits per heavy atom. The van der Waals surface area contributed by atoms with Crippen LogP contribution in [0.3, 0.4) is 0 Å². The molecule has 4 heteroatoms. The fraction of sp³-hybridized carbons (Fsp3) is 0. The van der Waals surface area contributed by atoms with Gasteiger partial charge in [0.1, 0.15) is 5.15 Å². The Morgan fingerprint density at radius 1 is 0.800 bits per heavy atom. The van der Waals surface area contributed by atoms with Gasteiger partial charge in [-0.05, 0) is 23.3 Å². The van der Waals surface area contributed by atoms with Gasteiger partial charge in [-0.3, -0.25) is 4.98 Å². The molecule has 3 rings (SSSR count). The van der Waals surface area contributed by atoms with Crippen LogP contribution in [0.15, 0.2) is 67.0 Å². The zero-order valence-electron chi connectivity index (χ0n) is 10.6. The van der Waals surface area contributed by atoms with Gasteiger partial charge < -0.3 is 5.32 Å². The third-order valence-corrected chi connectivity index (χ3v) is 3.05. The summed E-state index contributed by atoms with van der Waals surface area (Å²) in [4.78, 5) is 8.13. The highest BCUT2D eigenvalue weighted by molar-refractivity contribution is 6.29. The van der Waals surface area contributed by atoms with Crippen molar-refractivity contribution in [1.82, 2.24) is 9.97 Å². The van der Waals surface area contributed by atoms with Crippen LogP contribution in [0, 0.1) is 0 Å². The van der Waals surface area contributed by atoms with Crippen LogP contribution in [-0.2, 0) is 0 Å². The smallest absolute Gasteiger partial charge is 0.150 e. The highest BCUT2D eigenvalue weighted by Crippen LogP contribution is 2.22. The molecule has 0 saturated heterocycles. The second-order valence-electron chi connectivity index (χ2n) is 4.30. The first-order chi connectivity index (χ1) is 9.81. The van der Waals surface area contributed by atoms with E-state index in [1.165, 1.54) is 17.3 Å². The number of anilines is 2. The van der Waals surface area contributed by atoms with E-state index in [2.05, 4.69) is 39.6 Å². The Balaban J connectivity index is 1.80. The lowest BCUT2D eigenvalue weighted by molar-refractivity contribution is 1.20. The largest absolute Gasteiger partial charge is 0.339 e. The summed E-state index contributed by atoms with van der Waals surface area (Å²) in [6.07, 6.45) is 3.14. The van der Waals surface area contributed by atoms with Crippen molar-refractivity contribution in [3.8, 4) is 11.1 Å². The summed E-state index contributed by atoms with van der Waals surface area (Å²) in [6, 6.07) is 18.4. The first kappa shape index (κ1) is 12.6. The van der Waals surface area contributed by atoms with Gasteiger partial charge in [-0.15, -0.1) is 0 Å². The summed E-state index contributed by atoms with van der Waals surface area (Å²) in [6.45, 7) is 0. The molecule has 0 unspecified atom stereocenters. The van der Waals surface area contributed by atoms with Gasteiger partial charge in [0.15, 0.2) is 5.82 Å². The molecular formula is C16H12ClN3. The molecule has 3 nitrogen and oxygen atoms in total. The Kier molecular flexibility index (Phi) is 3.61. The topological polar surface area (TPSA) is 37.8 Å². The molecule has 0 aliphatic rings. The minimum atomic E-state index is 0.371. The maximum absolute atomic E-state index is 5.80. The fourth-order valence-corrected chi connectivity index (χ4v) is 2.07. The molecule has 20 heavy (non-hydrogen) atoms. The van der Waals surface area contributed by atoms with Crippen molar-refractivity contribution in [3.63, 3.8) is 0 Å². The Morgan fingerprint density at radius 2 is 1.50 bits per heavy atom. The number of halogens is 1. The van der Waals surface area contributed by atoms with E-state index in [1.807, 2.05) is 30.3 Å². The maximum Gasteiger partial charge on any atom is 0.150 e. The summed E-state index contributed by atoms with van der Waals surface area (Å²) < 4.78 is 0. The van der Waals surface area contributed by atoms with Crippen LogP contribution in [0.2, 0.25) is 5.15 Å². The number of hydrogen-bond donors (Lipinski definition) is 1. The number of nitrogens with zero attached hydrogens (tertiary/aromatic N) is 2. The molecule has 1 heterocycles. The summed E-state index contributed by atoms with van der Waals surface area (Å²) >= 11 is 5.80. The highest BCUT2D eigenvalue weighted by atomic mass is 35.5. The average Bonchev–Trinajstić information content (AvgIpc) is 2.49. The van der Waals surface area contributed by atoms with Crippen molar-refractivity contribution >= 4 is 23.1 Å². The van der Waals surface area contributed by atoms with Gasteiger partial charge in [-0.1, -0.05) is 54.1 Å². The Hall–Kier alpha value is -2.39. The lowest BCUT2D eigenvalue weighted by Crippen LogP contribution is -1.94. The van der Waals surface area contributed by atoms with Crippen LogP contribution < -0.4 is 5.32 Å². The molecule has 0 saturated carbocycles. The van der Waals surface area contributed by atoms with Gasteiger partial charge in [-0.2, -0.15) is 0 Å². The van der Waals surface area contributed by atoms with Crippen molar-refractivity contribution in [2.45, 2.75) is 0 Å². The zero-order chi connectivity index (χ0) is 13.8. The SMILES string of the molecule is Clc1cncc(Nc2ccc(-c3ccccc3)cc2)n1. The lowest BCUT2D eigenvalue weighted by Gasteiger charge is -2.07. The predicted octanol–water partition coefficient (Wildman–Crippen LogP) is 4.54. The monoisotopic (exact) mass is 281 g/mol. The Bertz CT molecular complexity index is 696. The van der Waals surface area contributed by atoms with Crippen LogP contribution in [0.25, 0.3) is 11.1 Å². The van der Waals surface area contributed by atoms with Gasteiger partial charge in [0.2, 0.25) is 0 Å². The van der Waals surface area contributed by atoms with E-state index >= 15 is 0 Å². The summed E-state index contributed by atoms with van der Waals surface area (Å²) in [7, 11) is 0. The molecule has 3 aromatic rings. The molecule has 0 fully saturated rings. The summed E-state index contributed by atoms with van der Waals surface area (Å²) in [5.41, 5.74) is 3.32. The molecule has 0 atom stereocenters. The predicted molar refractivity (Wildman–Crippen MR) is 82.2 cm³/mol. The quantitative estimate of drug-likeness (QED) is 0.766. The van der Waals surface area contributed by atoms with Gasteiger partial charge >= 0.3 is 0 Å². The van der Waals surface area contributed by atoms with E-state index in [0.29, 0.717) is 11.0 Å². The molecule has 1 aromatic heterocycles. The second kappa shape index (κ2) is 5.72. The highest BCUT2D eigenvalue weighted by Gasteiger charge is 2.00. The molecule has 0 bridgehead atoms. The zero-order valence-corrected chi connectivity index (χ0v) is 11.4. The van der Waals surface area contributed by atoms with Crippen molar-refractivity contribution < 1.29 is 0 Å². The van der Waals surface area contributed by atoms with Crippen LogP contribution in [-0.4, -0.2) is 9.97 Å². The third-order valence-electron chi connectivity index (χ3n) is 2.87. The molecule has 1 N–H and O–H groups in total. The van der Waals surface area contributed by atoms with Gasteiger partial charge in [0.05, 0.1) is 12.4 Å². The molecule has 0 spiro atoms. The molecule has 0 aliphatic heterocycles. The summed E-state index contributed by atoms with van der Waals surface area (Å²) in [5.74, 6) is 0.630. The molecule has 98 valence electrons. The minimum absolute atomic E-state index is 0.371. The average molecular weight is 282 g/mol. The van der Waals surface area contributed by atoms with Crippen molar-refractivity contribution in [1.29, 1.82) is 0 Å². The number of aromatic nitrogens is 2. The van der Waals surface area contributed by atoms with E-state index in [1.54, 1.807) is 6.20 Å². The van der Waals surface area contributed by atoms with Crippen molar-refractivity contribution in [3.05, 3.63) is 72.1 Å². The van der Waals surface area contributed by atoms with E-state index in [0.717, 1.165) is 5.69 Å². The lowest BCUT2D eigenvalue weighted by atomic mass is 10.1. The van der Waals surface area contributed by atoms with Gasteiger partial charge in [0, 0.05) is 5.69 Å². The maximum atomic E-state index is 5.80. The van der Waals surface area contributed by atoms with Crippen LogP contribution in [0.1, 0.15) is 0 Å². The first-order valence-electron chi connectivity index (χ1n) is 6.21. The number of hydrogen-bond acceptors (Lipinski definition) is 3. The van der Waals surface area contributed by atoms with E-state index in [4.69, 9.17) is 11.6 Å². The molecule has 2 aromatic carbocycles. The van der Waals surface area contributed by atoms with Gasteiger partial charge in [-0.25, -0.2) is 4.98 Å². The molecule has 0 amide bonds. The standard InChI is InChI=1S/C16H12ClN3/c17-15-10-18-11-16(20-15)19-14-8-6-13(7-9-14)12-4-2-1-3-5-12/h1-11H,(H,19,20). The fourth-order valence-electron chi connectivity index (χ4n) is 1.93. The molecule has 0 aliphatic carbocycles. The minimum Gasteiger partial charge on any atom is -0.339 e. The van der Waals surface area contributed by atoms with E-state index in [9.17, 15) is 0 Å².